The molecule has 0 aliphatic carbocycles. The molecule has 18 heavy (non-hydrogen) atoms. The maximum absolute atomic E-state index is 11.6. The van der Waals surface area contributed by atoms with E-state index in [0.717, 1.165) is 23.4 Å². The van der Waals surface area contributed by atoms with Crippen molar-refractivity contribution in [1.29, 1.82) is 0 Å². The van der Waals surface area contributed by atoms with E-state index >= 15 is 0 Å². The third kappa shape index (κ3) is 2.68. The first kappa shape index (κ1) is 12.6. The second-order valence-corrected chi connectivity index (χ2v) is 4.37. The third-order valence-corrected chi connectivity index (χ3v) is 2.51. The van der Waals surface area contributed by atoms with Gasteiger partial charge in [-0.3, -0.25) is 0 Å². The number of hydrogen-bond donors (Lipinski definition) is 1. The van der Waals surface area contributed by atoms with E-state index in [0.29, 0.717) is 12.2 Å². The van der Waals surface area contributed by atoms with Gasteiger partial charge in [0, 0.05) is 0 Å². The summed E-state index contributed by atoms with van der Waals surface area (Å²) in [6, 6.07) is 5.36. The fraction of sp³-hybridized carbons (Fsp3) is 0.385. The van der Waals surface area contributed by atoms with Crippen LogP contribution in [0.4, 0.5) is 0 Å². The predicted octanol–water partition coefficient (Wildman–Crippen LogP) is 1.80. The summed E-state index contributed by atoms with van der Waals surface area (Å²) in [7, 11) is 3.97. The summed E-state index contributed by atoms with van der Waals surface area (Å²) in [6.07, 6.45) is 0. The summed E-state index contributed by atoms with van der Waals surface area (Å²) in [4.78, 5) is 21.3. The highest BCUT2D eigenvalue weighted by atomic mass is 16.5. The van der Waals surface area contributed by atoms with Gasteiger partial charge in [-0.25, -0.2) is 9.78 Å². The largest absolute Gasteiger partial charge is 0.462 e. The van der Waals surface area contributed by atoms with E-state index in [-0.39, 0.29) is 5.97 Å². The molecule has 1 N–H and O–H groups in total. The molecule has 0 aliphatic rings. The Balaban J connectivity index is 2.30. The number of carbonyl (C=O) groups is 1. The Bertz CT molecular complexity index is 560. The molecule has 0 saturated heterocycles. The van der Waals surface area contributed by atoms with Crippen LogP contribution in [0.5, 0.6) is 0 Å². The van der Waals surface area contributed by atoms with Crippen molar-refractivity contribution in [3.63, 3.8) is 0 Å². The Kier molecular flexibility index (Phi) is 3.62. The van der Waals surface area contributed by atoms with E-state index in [9.17, 15) is 4.79 Å². The number of carbonyl (C=O) groups excluding carboxylic acids is 1. The van der Waals surface area contributed by atoms with Gasteiger partial charge in [-0.2, -0.15) is 0 Å². The van der Waals surface area contributed by atoms with Crippen LogP contribution in [0.25, 0.3) is 11.0 Å². The van der Waals surface area contributed by atoms with Gasteiger partial charge in [0.1, 0.15) is 5.82 Å². The van der Waals surface area contributed by atoms with Crippen LogP contribution in [-0.4, -0.2) is 41.5 Å². The summed E-state index contributed by atoms with van der Waals surface area (Å²) in [5, 5.41) is 0. The second-order valence-electron chi connectivity index (χ2n) is 4.37. The van der Waals surface area contributed by atoms with Gasteiger partial charge in [-0.1, -0.05) is 0 Å². The quantitative estimate of drug-likeness (QED) is 0.837. The number of hydrogen-bond acceptors (Lipinski definition) is 4. The Morgan fingerprint density at radius 1 is 1.44 bits per heavy atom. The van der Waals surface area contributed by atoms with Crippen molar-refractivity contribution in [3.8, 4) is 0 Å². The number of benzene rings is 1. The molecule has 0 atom stereocenters. The molecule has 1 heterocycles. The van der Waals surface area contributed by atoms with Crippen LogP contribution in [0, 0.1) is 0 Å². The highest BCUT2D eigenvalue weighted by Crippen LogP contribution is 2.15. The van der Waals surface area contributed by atoms with Crippen molar-refractivity contribution in [2.45, 2.75) is 13.5 Å². The summed E-state index contributed by atoms with van der Waals surface area (Å²) in [6.45, 7) is 2.91. The first-order chi connectivity index (χ1) is 8.60. The minimum atomic E-state index is -0.309. The summed E-state index contributed by atoms with van der Waals surface area (Å²) >= 11 is 0. The van der Waals surface area contributed by atoms with E-state index in [1.54, 1.807) is 19.1 Å². The van der Waals surface area contributed by atoms with E-state index in [4.69, 9.17) is 4.74 Å². The van der Waals surface area contributed by atoms with Crippen LogP contribution in [0.1, 0.15) is 23.1 Å². The van der Waals surface area contributed by atoms with Crippen molar-refractivity contribution in [3.05, 3.63) is 29.6 Å². The van der Waals surface area contributed by atoms with Crippen LogP contribution >= 0.6 is 0 Å². The Morgan fingerprint density at radius 3 is 2.89 bits per heavy atom. The number of esters is 1. The fourth-order valence-electron chi connectivity index (χ4n) is 1.77. The molecule has 1 aromatic carbocycles. The van der Waals surface area contributed by atoms with Gasteiger partial charge in [0.2, 0.25) is 0 Å². The zero-order valence-electron chi connectivity index (χ0n) is 10.9. The standard InChI is InChI=1S/C13H17N3O2/c1-4-18-13(17)9-5-6-10-11(7-9)15-12(14-10)8-16(2)3/h5-7H,4,8H2,1-3H3,(H,14,15). The van der Waals surface area contributed by atoms with E-state index < -0.39 is 0 Å². The van der Waals surface area contributed by atoms with Gasteiger partial charge in [0.25, 0.3) is 0 Å². The number of aromatic amines is 1. The number of aromatic nitrogens is 2. The molecule has 5 heteroatoms. The minimum Gasteiger partial charge on any atom is -0.462 e. The number of nitrogens with one attached hydrogen (secondary N) is 1. The highest BCUT2D eigenvalue weighted by molar-refractivity contribution is 5.93. The first-order valence-corrected chi connectivity index (χ1v) is 5.90. The Hall–Kier alpha value is -1.88. The lowest BCUT2D eigenvalue weighted by Gasteiger charge is -2.04. The molecule has 0 radical (unpaired) electrons. The van der Waals surface area contributed by atoms with Crippen molar-refractivity contribution in [2.75, 3.05) is 20.7 Å². The molecular weight excluding hydrogens is 230 g/mol. The Morgan fingerprint density at radius 2 is 2.22 bits per heavy atom. The lowest BCUT2D eigenvalue weighted by molar-refractivity contribution is 0.0526. The molecule has 0 saturated carbocycles. The number of fused-ring (bicyclic) bond motifs is 1. The van der Waals surface area contributed by atoms with Gasteiger partial charge >= 0.3 is 5.97 Å². The van der Waals surface area contributed by atoms with E-state index in [2.05, 4.69) is 9.97 Å². The van der Waals surface area contributed by atoms with Crippen molar-refractivity contribution in [1.82, 2.24) is 14.9 Å². The van der Waals surface area contributed by atoms with Crippen LogP contribution in [0.15, 0.2) is 18.2 Å². The average molecular weight is 247 g/mol. The van der Waals surface area contributed by atoms with Gasteiger partial charge in [0.05, 0.1) is 29.7 Å². The first-order valence-electron chi connectivity index (χ1n) is 5.90. The molecule has 0 amide bonds. The highest BCUT2D eigenvalue weighted by Gasteiger charge is 2.09. The topological polar surface area (TPSA) is 58.2 Å². The van der Waals surface area contributed by atoms with Crippen LogP contribution < -0.4 is 0 Å². The summed E-state index contributed by atoms with van der Waals surface area (Å²) in [5.74, 6) is 0.576. The molecule has 96 valence electrons. The molecule has 0 spiro atoms. The molecule has 0 unspecified atom stereocenters. The van der Waals surface area contributed by atoms with Crippen molar-refractivity contribution >= 4 is 17.0 Å². The van der Waals surface area contributed by atoms with Crippen LogP contribution in [0.3, 0.4) is 0 Å². The minimum absolute atomic E-state index is 0.309. The maximum Gasteiger partial charge on any atom is 0.338 e. The number of ether oxygens (including phenoxy) is 1. The summed E-state index contributed by atoms with van der Waals surface area (Å²) < 4.78 is 4.96. The van der Waals surface area contributed by atoms with Gasteiger partial charge in [0.15, 0.2) is 0 Å². The van der Waals surface area contributed by atoms with Crippen LogP contribution in [0.2, 0.25) is 0 Å². The molecule has 5 nitrogen and oxygen atoms in total. The van der Waals surface area contributed by atoms with Gasteiger partial charge in [-0.15, -0.1) is 0 Å². The van der Waals surface area contributed by atoms with Gasteiger partial charge in [-0.05, 0) is 39.2 Å². The lowest BCUT2D eigenvalue weighted by atomic mass is 10.2. The molecule has 2 aromatic rings. The summed E-state index contributed by atoms with van der Waals surface area (Å²) in [5.41, 5.74) is 2.25. The predicted molar refractivity (Wildman–Crippen MR) is 69.4 cm³/mol. The lowest BCUT2D eigenvalue weighted by Crippen LogP contribution is -2.11. The number of imidazole rings is 1. The molecule has 1 aromatic heterocycles. The number of H-pyrrole nitrogens is 1. The Labute approximate surface area is 106 Å². The average Bonchev–Trinajstić information content (AvgIpc) is 2.69. The molecule has 2 rings (SSSR count). The molecular formula is C13H17N3O2. The van der Waals surface area contributed by atoms with Gasteiger partial charge < -0.3 is 14.6 Å². The molecule has 0 fully saturated rings. The van der Waals surface area contributed by atoms with Crippen LogP contribution in [-0.2, 0) is 11.3 Å². The van der Waals surface area contributed by atoms with Crippen molar-refractivity contribution < 1.29 is 9.53 Å². The van der Waals surface area contributed by atoms with E-state index in [1.165, 1.54) is 0 Å². The number of nitrogens with zero attached hydrogens (tertiary/aromatic N) is 2. The zero-order chi connectivity index (χ0) is 13.1. The van der Waals surface area contributed by atoms with E-state index in [1.807, 2.05) is 25.1 Å². The second kappa shape index (κ2) is 5.18. The van der Waals surface area contributed by atoms with Crippen molar-refractivity contribution in [2.24, 2.45) is 0 Å². The normalized spacial score (nSPS) is 11.1. The third-order valence-electron chi connectivity index (χ3n) is 2.51. The maximum atomic E-state index is 11.6. The fourth-order valence-corrected chi connectivity index (χ4v) is 1.77. The monoisotopic (exact) mass is 247 g/mol. The zero-order valence-corrected chi connectivity index (χ0v) is 10.9. The SMILES string of the molecule is CCOC(=O)c1ccc2[nH]c(CN(C)C)nc2c1. The molecule has 0 aliphatic heterocycles. The smallest absolute Gasteiger partial charge is 0.338 e. The number of rotatable bonds is 4. The molecule has 0 bridgehead atoms.